The van der Waals surface area contributed by atoms with Crippen LogP contribution in [0.5, 0.6) is 11.5 Å². The number of hydrogen-bond donors (Lipinski definition) is 2. The van der Waals surface area contributed by atoms with Gasteiger partial charge in [0, 0.05) is 12.7 Å². The van der Waals surface area contributed by atoms with Crippen LogP contribution in [0.3, 0.4) is 0 Å². The zero-order valence-electron chi connectivity index (χ0n) is 22.9. The van der Waals surface area contributed by atoms with Crippen molar-refractivity contribution in [2.75, 3.05) is 33.3 Å². The van der Waals surface area contributed by atoms with E-state index >= 15 is 0 Å². The zero-order valence-corrected chi connectivity index (χ0v) is 22.9. The van der Waals surface area contributed by atoms with E-state index in [-0.39, 0.29) is 17.4 Å². The maximum absolute atomic E-state index is 13.1. The van der Waals surface area contributed by atoms with Crippen molar-refractivity contribution in [1.29, 1.82) is 0 Å². The summed E-state index contributed by atoms with van der Waals surface area (Å²) in [5.74, 6) is -0.349. The third kappa shape index (κ3) is 5.43. The molecule has 2 N–H and O–H groups in total. The van der Waals surface area contributed by atoms with Crippen molar-refractivity contribution in [2.45, 2.75) is 50.1 Å². The molecule has 1 fully saturated rings. The zero-order chi connectivity index (χ0) is 28.4. The summed E-state index contributed by atoms with van der Waals surface area (Å²) in [6.45, 7) is 7.54. The van der Waals surface area contributed by atoms with Gasteiger partial charge < -0.3 is 34.1 Å². The number of hydrogen-bond acceptors (Lipinski definition) is 8. The number of carbonyl (C=O) groups excluding carboxylic acids is 2. The quantitative estimate of drug-likeness (QED) is 0.365. The first-order valence-corrected chi connectivity index (χ1v) is 12.7. The van der Waals surface area contributed by atoms with Crippen LogP contribution in [0.15, 0.2) is 54.6 Å². The van der Waals surface area contributed by atoms with Crippen LogP contribution in [-0.2, 0) is 29.4 Å². The normalized spacial score (nSPS) is 26.2. The minimum Gasteiger partial charge on any atom is -0.497 e. The van der Waals surface area contributed by atoms with Gasteiger partial charge in [-0.2, -0.15) is 0 Å². The molecule has 2 aliphatic rings. The molecule has 0 radical (unpaired) electrons. The number of methoxy groups -OCH3 is 3. The third-order valence-electron chi connectivity index (χ3n) is 7.25. The van der Waals surface area contributed by atoms with Crippen molar-refractivity contribution >= 4 is 23.6 Å². The fourth-order valence-electron chi connectivity index (χ4n) is 5.09. The molecule has 0 saturated carbocycles. The van der Waals surface area contributed by atoms with Gasteiger partial charge in [-0.1, -0.05) is 36.4 Å². The van der Waals surface area contributed by atoms with Gasteiger partial charge in [0.15, 0.2) is 18.3 Å². The summed E-state index contributed by atoms with van der Waals surface area (Å²) in [6, 6.07) is 10.1. The Kier molecular flexibility index (Phi) is 8.15. The molecular weight excluding hydrogens is 502 g/mol. The smallest absolute Gasteiger partial charge is 0.343 e. The van der Waals surface area contributed by atoms with Crippen molar-refractivity contribution in [3.63, 3.8) is 0 Å². The number of amides is 1. The summed E-state index contributed by atoms with van der Waals surface area (Å²) in [5.41, 5.74) is -0.0165. The van der Waals surface area contributed by atoms with Gasteiger partial charge >= 0.3 is 5.97 Å². The molecule has 1 amide bonds. The van der Waals surface area contributed by atoms with Crippen LogP contribution < -0.4 is 14.8 Å². The Hall–Kier alpha value is -3.66. The Balaban J connectivity index is 1.88. The van der Waals surface area contributed by atoms with Crippen LogP contribution in [0.1, 0.15) is 43.4 Å². The molecule has 208 valence electrons. The molecule has 2 heterocycles. The number of fused-ring (bicyclic) bond motifs is 1. The lowest BCUT2D eigenvalue weighted by molar-refractivity contribution is -0.144. The fourth-order valence-corrected chi connectivity index (χ4v) is 5.09. The van der Waals surface area contributed by atoms with Crippen LogP contribution in [0.4, 0.5) is 5.69 Å². The maximum Gasteiger partial charge on any atom is 0.343 e. The maximum atomic E-state index is 13.1. The number of anilines is 1. The van der Waals surface area contributed by atoms with E-state index in [1.54, 1.807) is 36.4 Å². The molecule has 0 aromatic heterocycles. The number of esters is 1. The van der Waals surface area contributed by atoms with Crippen LogP contribution in [0.25, 0.3) is 6.08 Å². The second kappa shape index (κ2) is 11.2. The number of aliphatic hydroxyl groups is 1. The van der Waals surface area contributed by atoms with E-state index in [0.29, 0.717) is 22.6 Å². The minimum absolute atomic E-state index is 0.0314. The molecule has 9 heteroatoms. The fraction of sp³-hybridized carbons (Fsp3) is 0.400. The second-order valence-corrected chi connectivity index (χ2v) is 10.0. The average molecular weight is 538 g/mol. The van der Waals surface area contributed by atoms with Crippen molar-refractivity contribution in [1.82, 2.24) is 0 Å². The Morgan fingerprint density at radius 1 is 1.21 bits per heavy atom. The van der Waals surface area contributed by atoms with Gasteiger partial charge in [-0.25, -0.2) is 4.79 Å². The molecule has 0 aliphatic carbocycles. The number of rotatable bonds is 9. The number of nitrogens with one attached hydrogen (secondary N) is 1. The van der Waals surface area contributed by atoms with E-state index in [4.69, 9.17) is 23.7 Å². The predicted molar refractivity (Wildman–Crippen MR) is 146 cm³/mol. The molecule has 4 unspecified atom stereocenters. The lowest BCUT2D eigenvalue weighted by Crippen LogP contribution is -2.53. The highest BCUT2D eigenvalue weighted by molar-refractivity contribution is 6.00. The van der Waals surface area contributed by atoms with Crippen LogP contribution in [0, 0.1) is 0 Å². The molecule has 4 rings (SSSR count). The number of carbonyl (C=O) groups is 2. The average Bonchev–Trinajstić information content (AvgIpc) is 3.33. The van der Waals surface area contributed by atoms with E-state index in [2.05, 4.69) is 11.9 Å². The molecule has 2 aliphatic heterocycles. The summed E-state index contributed by atoms with van der Waals surface area (Å²) in [6.07, 6.45) is 4.07. The summed E-state index contributed by atoms with van der Waals surface area (Å²) in [7, 11) is 4.15. The summed E-state index contributed by atoms with van der Waals surface area (Å²) in [4.78, 5) is 25.2. The van der Waals surface area contributed by atoms with Crippen molar-refractivity contribution in [3.8, 4) is 11.5 Å². The Morgan fingerprint density at radius 2 is 1.92 bits per heavy atom. The first kappa shape index (κ1) is 28.4. The topological polar surface area (TPSA) is 113 Å². The molecule has 4 atom stereocenters. The molecule has 9 nitrogen and oxygen atoms in total. The van der Waals surface area contributed by atoms with Gasteiger partial charge in [-0.05, 0) is 56.5 Å². The van der Waals surface area contributed by atoms with Gasteiger partial charge in [0.05, 0.1) is 37.2 Å². The van der Waals surface area contributed by atoms with Gasteiger partial charge in [0.25, 0.3) is 5.91 Å². The minimum atomic E-state index is -1.97. The molecule has 2 aromatic rings. The van der Waals surface area contributed by atoms with Gasteiger partial charge in [-0.3, -0.25) is 4.79 Å². The first-order valence-electron chi connectivity index (χ1n) is 12.7. The Labute approximate surface area is 228 Å². The Bertz CT molecular complexity index is 1290. The van der Waals surface area contributed by atoms with Gasteiger partial charge in [0.2, 0.25) is 0 Å². The van der Waals surface area contributed by atoms with Crippen molar-refractivity contribution in [3.05, 3.63) is 71.3 Å². The largest absolute Gasteiger partial charge is 0.497 e. The molecule has 1 saturated heterocycles. The van der Waals surface area contributed by atoms with Gasteiger partial charge in [-0.15, -0.1) is 0 Å². The molecule has 0 bridgehead atoms. The van der Waals surface area contributed by atoms with E-state index in [9.17, 15) is 14.7 Å². The molecule has 0 spiro atoms. The molecule has 2 aromatic carbocycles. The predicted octanol–water partition coefficient (Wildman–Crippen LogP) is 3.98. The summed E-state index contributed by atoms with van der Waals surface area (Å²) >= 11 is 0. The number of benzene rings is 2. The van der Waals surface area contributed by atoms with Gasteiger partial charge in [0.1, 0.15) is 11.5 Å². The lowest BCUT2D eigenvalue weighted by Gasteiger charge is -2.41. The van der Waals surface area contributed by atoms with Crippen molar-refractivity contribution in [2.24, 2.45) is 0 Å². The monoisotopic (exact) mass is 537 g/mol. The highest BCUT2D eigenvalue weighted by Crippen LogP contribution is 2.49. The van der Waals surface area contributed by atoms with E-state index in [1.807, 2.05) is 26.0 Å². The van der Waals surface area contributed by atoms with Crippen LogP contribution in [0.2, 0.25) is 0 Å². The molecule has 39 heavy (non-hydrogen) atoms. The molecular formula is C30H35NO8. The lowest BCUT2D eigenvalue weighted by atomic mass is 9.76. The first-order chi connectivity index (χ1) is 18.6. The Morgan fingerprint density at radius 3 is 2.51 bits per heavy atom. The third-order valence-corrected chi connectivity index (χ3v) is 7.25. The van der Waals surface area contributed by atoms with E-state index in [0.717, 1.165) is 18.4 Å². The SMILES string of the molecule is C=C(C)C1CCC(C)(/C=C/c2ccc3c(c2OCC(=O)OC)C(O)(c2ccc(OC)cc2)C(OC)C(=O)N3)O1. The number of ether oxygens (including phenoxy) is 5. The van der Waals surface area contributed by atoms with E-state index in [1.165, 1.54) is 21.3 Å². The summed E-state index contributed by atoms with van der Waals surface area (Å²) < 4.78 is 27.8. The highest BCUT2D eigenvalue weighted by Gasteiger charge is 2.52. The standard InChI is InChI=1S/C30H35NO8/c1-18(2)23-14-16-29(3,39-23)15-13-19-7-12-22-25(26(19)38-17-24(32)36-5)30(34,27(37-6)28(33)31-22)20-8-10-21(35-4)11-9-20/h7-13,15,23,27,34H,1,14,16-17H2,2-6H3,(H,31,33)/b15-13+. The second-order valence-electron chi connectivity index (χ2n) is 10.0. The van der Waals surface area contributed by atoms with Crippen LogP contribution in [-0.4, -0.2) is 62.7 Å². The van der Waals surface area contributed by atoms with Crippen molar-refractivity contribution < 1.29 is 38.4 Å². The summed E-state index contributed by atoms with van der Waals surface area (Å²) in [5, 5.41) is 15.2. The van der Waals surface area contributed by atoms with E-state index < -0.39 is 35.8 Å². The van der Waals surface area contributed by atoms with Crippen LogP contribution >= 0.6 is 0 Å². The highest BCUT2D eigenvalue weighted by atomic mass is 16.6.